The van der Waals surface area contributed by atoms with Crippen LogP contribution in [0.3, 0.4) is 0 Å². The van der Waals surface area contributed by atoms with E-state index in [2.05, 4.69) is 5.32 Å². The maximum Gasteiger partial charge on any atom is 0.255 e. The van der Waals surface area contributed by atoms with Gasteiger partial charge in [-0.25, -0.2) is 0 Å². The highest BCUT2D eigenvalue weighted by Gasteiger charge is 2.07. The van der Waals surface area contributed by atoms with Gasteiger partial charge < -0.3 is 20.5 Å². The van der Waals surface area contributed by atoms with E-state index in [4.69, 9.17) is 38.4 Å². The van der Waals surface area contributed by atoms with E-state index in [0.29, 0.717) is 32.8 Å². The number of primary amides is 1. The molecule has 8 heteroatoms. The third-order valence-electron chi connectivity index (χ3n) is 3.17. The van der Waals surface area contributed by atoms with Crippen molar-refractivity contribution in [3.8, 4) is 11.5 Å². The molecule has 136 valence electrons. The smallest absolute Gasteiger partial charge is 0.255 e. The molecule has 0 saturated carbocycles. The number of rotatable bonds is 7. The molecule has 2 amide bonds. The first-order valence-corrected chi connectivity index (χ1v) is 8.18. The number of amides is 2. The summed E-state index contributed by atoms with van der Waals surface area (Å²) in [6, 6.07) is 9.80. The second-order valence-corrected chi connectivity index (χ2v) is 5.93. The van der Waals surface area contributed by atoms with E-state index in [1.807, 2.05) is 0 Å². The van der Waals surface area contributed by atoms with Gasteiger partial charge in [-0.05, 0) is 42.0 Å². The van der Waals surface area contributed by atoms with Crippen LogP contribution in [0, 0.1) is 0 Å². The standard InChI is InChI=1S/C18H16Cl2N2O4/c1-25-16-8-11(2-6-15(16)26-10-17(21)23)3-7-18(24)22-12-4-5-13(19)14(20)9-12/h2-9H,10H2,1H3,(H2,21,23)(H,22,24)/b7-3+. The first kappa shape index (κ1) is 19.6. The lowest BCUT2D eigenvalue weighted by Crippen LogP contribution is -2.20. The predicted octanol–water partition coefficient (Wildman–Crippen LogP) is 3.52. The third-order valence-corrected chi connectivity index (χ3v) is 3.91. The molecule has 2 aromatic carbocycles. The Morgan fingerprint density at radius 3 is 2.54 bits per heavy atom. The molecule has 0 bridgehead atoms. The van der Waals surface area contributed by atoms with Crippen molar-refractivity contribution in [2.75, 3.05) is 19.0 Å². The van der Waals surface area contributed by atoms with E-state index in [1.165, 1.54) is 13.2 Å². The average Bonchev–Trinajstić information content (AvgIpc) is 2.61. The molecule has 2 rings (SSSR count). The van der Waals surface area contributed by atoms with Crippen LogP contribution >= 0.6 is 23.2 Å². The largest absolute Gasteiger partial charge is 0.493 e. The highest BCUT2D eigenvalue weighted by Crippen LogP contribution is 2.28. The minimum atomic E-state index is -0.588. The van der Waals surface area contributed by atoms with Gasteiger partial charge in [0.15, 0.2) is 18.1 Å². The summed E-state index contributed by atoms with van der Waals surface area (Å²) in [4.78, 5) is 22.8. The van der Waals surface area contributed by atoms with Gasteiger partial charge in [0, 0.05) is 11.8 Å². The number of hydrogen-bond donors (Lipinski definition) is 2. The van der Waals surface area contributed by atoms with E-state index in [9.17, 15) is 9.59 Å². The zero-order chi connectivity index (χ0) is 19.1. The van der Waals surface area contributed by atoms with Gasteiger partial charge in [0.2, 0.25) is 5.91 Å². The van der Waals surface area contributed by atoms with E-state index in [-0.39, 0.29) is 12.5 Å². The molecular weight excluding hydrogens is 379 g/mol. The predicted molar refractivity (Wildman–Crippen MR) is 102 cm³/mol. The molecule has 0 unspecified atom stereocenters. The normalized spacial score (nSPS) is 10.6. The number of benzene rings is 2. The first-order chi connectivity index (χ1) is 12.4. The first-order valence-electron chi connectivity index (χ1n) is 7.42. The van der Waals surface area contributed by atoms with Crippen LogP contribution in [0.4, 0.5) is 5.69 Å². The molecule has 0 aliphatic carbocycles. The van der Waals surface area contributed by atoms with Crippen LogP contribution in [-0.2, 0) is 9.59 Å². The molecule has 0 saturated heterocycles. The number of halogens is 2. The SMILES string of the molecule is COc1cc(/C=C/C(=O)Nc2ccc(Cl)c(Cl)c2)ccc1OCC(N)=O. The van der Waals surface area contributed by atoms with Gasteiger partial charge in [0.05, 0.1) is 17.2 Å². The summed E-state index contributed by atoms with van der Waals surface area (Å²) < 4.78 is 10.5. The maximum absolute atomic E-state index is 12.0. The van der Waals surface area contributed by atoms with Crippen molar-refractivity contribution in [2.45, 2.75) is 0 Å². The monoisotopic (exact) mass is 394 g/mol. The summed E-state index contributed by atoms with van der Waals surface area (Å²) in [5, 5.41) is 3.44. The van der Waals surface area contributed by atoms with Crippen molar-refractivity contribution >= 4 is 46.8 Å². The van der Waals surface area contributed by atoms with Crippen LogP contribution in [0.15, 0.2) is 42.5 Å². The topological polar surface area (TPSA) is 90.7 Å². The number of anilines is 1. The third kappa shape index (κ3) is 5.68. The molecule has 2 aromatic rings. The fraction of sp³-hybridized carbons (Fsp3) is 0.111. The summed E-state index contributed by atoms with van der Waals surface area (Å²) in [6.07, 6.45) is 2.97. The molecule has 0 aromatic heterocycles. The number of hydrogen-bond acceptors (Lipinski definition) is 4. The average molecular weight is 395 g/mol. The molecule has 26 heavy (non-hydrogen) atoms. The Kier molecular flexibility index (Phi) is 6.89. The van der Waals surface area contributed by atoms with Gasteiger partial charge in [0.25, 0.3) is 5.91 Å². The molecule has 3 N–H and O–H groups in total. The quantitative estimate of drug-likeness (QED) is 0.702. The number of methoxy groups -OCH3 is 1. The van der Waals surface area contributed by atoms with E-state index < -0.39 is 5.91 Å². The van der Waals surface area contributed by atoms with Crippen molar-refractivity contribution in [1.82, 2.24) is 0 Å². The van der Waals surface area contributed by atoms with Crippen molar-refractivity contribution in [3.63, 3.8) is 0 Å². The number of nitrogens with two attached hydrogens (primary N) is 1. The van der Waals surface area contributed by atoms with Crippen molar-refractivity contribution in [1.29, 1.82) is 0 Å². The number of carbonyl (C=O) groups is 2. The van der Waals surface area contributed by atoms with Crippen molar-refractivity contribution in [2.24, 2.45) is 5.73 Å². The Bertz CT molecular complexity index is 853. The Morgan fingerprint density at radius 2 is 1.88 bits per heavy atom. The van der Waals surface area contributed by atoms with Crippen LogP contribution in [0.2, 0.25) is 10.0 Å². The minimum Gasteiger partial charge on any atom is -0.493 e. The van der Waals surface area contributed by atoms with Gasteiger partial charge >= 0.3 is 0 Å². The van der Waals surface area contributed by atoms with Crippen LogP contribution in [-0.4, -0.2) is 25.5 Å². The van der Waals surface area contributed by atoms with Crippen LogP contribution in [0.25, 0.3) is 6.08 Å². The summed E-state index contributed by atoms with van der Waals surface area (Å²) in [6.45, 7) is -0.252. The summed E-state index contributed by atoms with van der Waals surface area (Å²) >= 11 is 11.7. The molecule has 0 radical (unpaired) electrons. The molecule has 0 heterocycles. The van der Waals surface area contributed by atoms with Gasteiger partial charge in [-0.1, -0.05) is 29.3 Å². The molecule has 0 fully saturated rings. The highest BCUT2D eigenvalue weighted by atomic mass is 35.5. The van der Waals surface area contributed by atoms with Gasteiger partial charge in [0.1, 0.15) is 0 Å². The van der Waals surface area contributed by atoms with Crippen molar-refractivity contribution < 1.29 is 19.1 Å². The van der Waals surface area contributed by atoms with Gasteiger partial charge in [-0.3, -0.25) is 9.59 Å². The molecule has 0 aliphatic rings. The number of nitrogens with one attached hydrogen (secondary N) is 1. The Labute approximate surface area is 160 Å². The highest BCUT2D eigenvalue weighted by molar-refractivity contribution is 6.42. The summed E-state index contributed by atoms with van der Waals surface area (Å²) in [7, 11) is 1.47. The lowest BCUT2D eigenvalue weighted by Gasteiger charge is -2.10. The molecule has 0 atom stereocenters. The second kappa shape index (κ2) is 9.12. The zero-order valence-corrected chi connectivity index (χ0v) is 15.3. The lowest BCUT2D eigenvalue weighted by atomic mass is 10.2. The van der Waals surface area contributed by atoms with Gasteiger partial charge in [-0.15, -0.1) is 0 Å². The van der Waals surface area contributed by atoms with Gasteiger partial charge in [-0.2, -0.15) is 0 Å². The number of ether oxygens (including phenoxy) is 2. The Hall–Kier alpha value is -2.70. The fourth-order valence-electron chi connectivity index (χ4n) is 1.99. The Balaban J connectivity index is 2.05. The van der Waals surface area contributed by atoms with E-state index in [0.717, 1.165) is 0 Å². The van der Waals surface area contributed by atoms with Crippen LogP contribution in [0.1, 0.15) is 5.56 Å². The lowest BCUT2D eigenvalue weighted by molar-refractivity contribution is -0.120. The minimum absolute atomic E-state index is 0.252. The molecule has 0 aliphatic heterocycles. The van der Waals surface area contributed by atoms with Crippen LogP contribution in [0.5, 0.6) is 11.5 Å². The van der Waals surface area contributed by atoms with E-state index in [1.54, 1.807) is 42.5 Å². The fourth-order valence-corrected chi connectivity index (χ4v) is 2.28. The van der Waals surface area contributed by atoms with Crippen molar-refractivity contribution in [3.05, 3.63) is 58.1 Å². The molecular formula is C18H16Cl2N2O4. The summed E-state index contributed by atoms with van der Waals surface area (Å²) in [5.74, 6) is -0.131. The molecule has 6 nitrogen and oxygen atoms in total. The van der Waals surface area contributed by atoms with Crippen LogP contribution < -0.4 is 20.5 Å². The van der Waals surface area contributed by atoms with E-state index >= 15 is 0 Å². The zero-order valence-electron chi connectivity index (χ0n) is 13.8. The number of carbonyl (C=O) groups excluding carboxylic acids is 2. The second-order valence-electron chi connectivity index (χ2n) is 5.12. The summed E-state index contributed by atoms with van der Waals surface area (Å²) in [5.41, 5.74) is 6.28. The maximum atomic E-state index is 12.0. The molecule has 0 spiro atoms. The Morgan fingerprint density at radius 1 is 1.12 bits per heavy atom.